The topological polar surface area (TPSA) is 52.7 Å². The minimum atomic E-state index is -0.302. The van der Waals surface area contributed by atoms with E-state index in [-0.39, 0.29) is 30.0 Å². The van der Waals surface area contributed by atoms with Crippen LogP contribution in [0.15, 0.2) is 24.3 Å². The molecule has 1 aliphatic rings. The Labute approximate surface area is 149 Å². The van der Waals surface area contributed by atoms with Gasteiger partial charge in [0.2, 0.25) is 11.8 Å². The van der Waals surface area contributed by atoms with Gasteiger partial charge in [0, 0.05) is 38.5 Å². The maximum Gasteiger partial charge on any atom is 0.224 e. The maximum absolute atomic E-state index is 13.4. The second kappa shape index (κ2) is 8.94. The largest absolute Gasteiger partial charge is 0.355 e. The highest BCUT2D eigenvalue weighted by molar-refractivity contribution is 5.82. The molecule has 1 N–H and O–H groups in total. The normalized spacial score (nSPS) is 18.9. The average molecular weight is 349 g/mol. The molecule has 1 aromatic rings. The monoisotopic (exact) mass is 349 g/mol. The van der Waals surface area contributed by atoms with Gasteiger partial charge in [0.15, 0.2) is 0 Å². The van der Waals surface area contributed by atoms with Crippen molar-refractivity contribution < 1.29 is 14.0 Å². The lowest BCUT2D eigenvalue weighted by Crippen LogP contribution is -2.38. The van der Waals surface area contributed by atoms with Gasteiger partial charge in [0.25, 0.3) is 0 Å². The molecule has 0 radical (unpaired) electrons. The summed E-state index contributed by atoms with van der Waals surface area (Å²) < 4.78 is 13.4. The zero-order valence-electron chi connectivity index (χ0n) is 15.3. The van der Waals surface area contributed by atoms with Gasteiger partial charge in [-0.2, -0.15) is 0 Å². The van der Waals surface area contributed by atoms with Gasteiger partial charge in [-0.25, -0.2) is 4.39 Å². The fourth-order valence-electron chi connectivity index (χ4n) is 2.74. The Bertz CT molecular complexity index is 606. The molecule has 138 valence electrons. The van der Waals surface area contributed by atoms with E-state index in [9.17, 15) is 14.0 Å². The Morgan fingerprint density at radius 2 is 2.00 bits per heavy atom. The molecule has 6 heteroatoms. The Balaban J connectivity index is 1.86. The van der Waals surface area contributed by atoms with Crippen molar-refractivity contribution in [2.75, 3.05) is 33.7 Å². The number of hydrogen-bond acceptors (Lipinski definition) is 3. The minimum Gasteiger partial charge on any atom is -0.355 e. The number of likely N-dealkylation sites (N-methyl/N-ethyl adjacent to an activating group) is 1. The van der Waals surface area contributed by atoms with Crippen molar-refractivity contribution in [1.82, 2.24) is 15.1 Å². The first-order valence-corrected chi connectivity index (χ1v) is 8.81. The smallest absolute Gasteiger partial charge is 0.224 e. The summed E-state index contributed by atoms with van der Waals surface area (Å²) in [4.78, 5) is 28.1. The van der Waals surface area contributed by atoms with Gasteiger partial charge in [-0.1, -0.05) is 19.1 Å². The molecule has 1 aliphatic carbocycles. The number of nitrogens with zero attached hydrogens (tertiary/aromatic N) is 2. The van der Waals surface area contributed by atoms with Crippen LogP contribution in [0, 0.1) is 17.7 Å². The van der Waals surface area contributed by atoms with Gasteiger partial charge >= 0.3 is 0 Å². The lowest BCUT2D eigenvalue weighted by molar-refractivity contribution is -0.132. The molecular weight excluding hydrogens is 321 g/mol. The molecule has 2 atom stereocenters. The van der Waals surface area contributed by atoms with Crippen molar-refractivity contribution in [3.8, 4) is 0 Å². The van der Waals surface area contributed by atoms with Crippen LogP contribution >= 0.6 is 0 Å². The van der Waals surface area contributed by atoms with E-state index in [0.29, 0.717) is 25.6 Å². The summed E-state index contributed by atoms with van der Waals surface area (Å²) in [6, 6.07) is 6.31. The van der Waals surface area contributed by atoms with Gasteiger partial charge in [0.1, 0.15) is 5.82 Å². The lowest BCUT2D eigenvalue weighted by Gasteiger charge is -2.25. The second-order valence-electron chi connectivity index (χ2n) is 7.11. The summed E-state index contributed by atoms with van der Waals surface area (Å²) in [7, 11) is 3.89. The van der Waals surface area contributed by atoms with E-state index in [1.165, 1.54) is 12.1 Å². The van der Waals surface area contributed by atoms with Crippen LogP contribution in [-0.2, 0) is 16.1 Å². The lowest BCUT2D eigenvalue weighted by atomic mass is 10.2. The van der Waals surface area contributed by atoms with Gasteiger partial charge in [-0.3, -0.25) is 9.59 Å². The molecule has 2 unspecified atom stereocenters. The van der Waals surface area contributed by atoms with Gasteiger partial charge in [-0.15, -0.1) is 0 Å². The summed E-state index contributed by atoms with van der Waals surface area (Å²) in [6.45, 7) is 4.07. The van der Waals surface area contributed by atoms with Crippen LogP contribution in [0.3, 0.4) is 0 Å². The summed E-state index contributed by atoms with van der Waals surface area (Å²) in [5.41, 5.74) is 0.767. The number of carbonyl (C=O) groups is 2. The fraction of sp³-hybridized carbons (Fsp3) is 0.579. The molecule has 2 rings (SSSR count). The third-order valence-corrected chi connectivity index (χ3v) is 4.52. The maximum atomic E-state index is 13.4. The summed E-state index contributed by atoms with van der Waals surface area (Å²) >= 11 is 0. The minimum absolute atomic E-state index is 0.0322. The molecular formula is C19H28FN3O2. The number of rotatable bonds is 9. The molecule has 0 aliphatic heterocycles. The van der Waals surface area contributed by atoms with E-state index in [1.807, 2.05) is 25.1 Å². The van der Waals surface area contributed by atoms with Crippen LogP contribution in [0.2, 0.25) is 0 Å². The highest BCUT2D eigenvalue weighted by Crippen LogP contribution is 2.37. The van der Waals surface area contributed by atoms with E-state index >= 15 is 0 Å². The highest BCUT2D eigenvalue weighted by Gasteiger charge is 2.38. The number of halogens is 1. The Morgan fingerprint density at radius 1 is 1.28 bits per heavy atom. The Kier molecular flexibility index (Phi) is 6.93. The third kappa shape index (κ3) is 6.46. The quantitative estimate of drug-likeness (QED) is 0.741. The predicted molar refractivity (Wildman–Crippen MR) is 95.3 cm³/mol. The van der Waals surface area contributed by atoms with Crippen molar-refractivity contribution in [2.45, 2.75) is 26.3 Å². The predicted octanol–water partition coefficient (Wildman–Crippen LogP) is 1.88. The zero-order valence-corrected chi connectivity index (χ0v) is 15.3. The van der Waals surface area contributed by atoms with E-state index in [2.05, 4.69) is 12.2 Å². The Hall–Kier alpha value is -1.95. The van der Waals surface area contributed by atoms with Crippen LogP contribution < -0.4 is 5.32 Å². The van der Waals surface area contributed by atoms with Crippen LogP contribution in [0.1, 0.15) is 25.3 Å². The van der Waals surface area contributed by atoms with Gasteiger partial charge < -0.3 is 15.1 Å². The summed E-state index contributed by atoms with van der Waals surface area (Å²) in [5, 5.41) is 2.84. The summed E-state index contributed by atoms with van der Waals surface area (Å²) in [5.74, 6) is 0.288. The highest BCUT2D eigenvalue weighted by atomic mass is 19.1. The van der Waals surface area contributed by atoms with E-state index in [0.717, 1.165) is 18.5 Å². The van der Waals surface area contributed by atoms with E-state index in [4.69, 9.17) is 0 Å². The molecule has 2 amide bonds. The molecule has 1 aromatic carbocycles. The van der Waals surface area contributed by atoms with Crippen molar-refractivity contribution in [3.05, 3.63) is 35.6 Å². The number of nitrogens with one attached hydrogen (secondary N) is 1. The zero-order chi connectivity index (χ0) is 18.4. The van der Waals surface area contributed by atoms with Crippen molar-refractivity contribution >= 4 is 11.8 Å². The van der Waals surface area contributed by atoms with Crippen molar-refractivity contribution in [1.29, 1.82) is 0 Å². The number of hydrogen-bond donors (Lipinski definition) is 1. The Morgan fingerprint density at radius 3 is 2.60 bits per heavy atom. The number of carbonyl (C=O) groups excluding carboxylic acids is 2. The molecule has 0 saturated heterocycles. The molecule has 0 bridgehead atoms. The molecule has 0 aromatic heterocycles. The van der Waals surface area contributed by atoms with Crippen LogP contribution in [-0.4, -0.2) is 55.3 Å². The molecule has 1 saturated carbocycles. The third-order valence-electron chi connectivity index (χ3n) is 4.52. The number of benzene rings is 1. The number of amides is 2. The molecule has 25 heavy (non-hydrogen) atoms. The first-order chi connectivity index (χ1) is 11.9. The summed E-state index contributed by atoms with van der Waals surface area (Å²) in [6.07, 6.45) is 1.20. The first-order valence-electron chi connectivity index (χ1n) is 8.81. The molecule has 5 nitrogen and oxygen atoms in total. The van der Waals surface area contributed by atoms with Crippen LogP contribution in [0.4, 0.5) is 4.39 Å². The first kappa shape index (κ1) is 19.4. The van der Waals surface area contributed by atoms with E-state index < -0.39 is 0 Å². The SMILES string of the molecule is CC1CC1C(=O)NCCC(=O)N(CCN(C)C)Cc1cccc(F)c1. The van der Waals surface area contributed by atoms with Crippen molar-refractivity contribution in [3.63, 3.8) is 0 Å². The van der Waals surface area contributed by atoms with Crippen LogP contribution in [0.25, 0.3) is 0 Å². The standard InChI is InChI=1S/C19H28FN3O2/c1-14-11-17(14)19(25)21-8-7-18(24)23(10-9-22(2)3)13-15-5-4-6-16(20)12-15/h4-6,12,14,17H,7-11,13H2,1-3H3,(H,21,25). The van der Waals surface area contributed by atoms with Crippen LogP contribution in [0.5, 0.6) is 0 Å². The van der Waals surface area contributed by atoms with Gasteiger partial charge in [-0.05, 0) is 44.1 Å². The van der Waals surface area contributed by atoms with Gasteiger partial charge in [0.05, 0.1) is 0 Å². The molecule has 0 spiro atoms. The molecule has 0 heterocycles. The fourth-order valence-corrected chi connectivity index (χ4v) is 2.74. The second-order valence-corrected chi connectivity index (χ2v) is 7.11. The molecule has 1 fully saturated rings. The van der Waals surface area contributed by atoms with E-state index in [1.54, 1.807) is 11.0 Å². The van der Waals surface area contributed by atoms with Crippen molar-refractivity contribution in [2.24, 2.45) is 11.8 Å². The average Bonchev–Trinajstić information content (AvgIpc) is 3.28.